The van der Waals surface area contributed by atoms with E-state index in [1.165, 1.54) is 0 Å². The van der Waals surface area contributed by atoms with Crippen molar-refractivity contribution in [1.82, 2.24) is 9.55 Å². The Hall–Kier alpha value is -1.36. The molecule has 1 aromatic heterocycles. The minimum absolute atomic E-state index is 0. The number of nitrogens with zero attached hydrogens (tertiary/aromatic N) is 2. The third kappa shape index (κ3) is 2.56. The number of imidazole rings is 1. The Labute approximate surface area is 92.7 Å². The molecule has 2 nitrogen and oxygen atoms in total. The van der Waals surface area contributed by atoms with Gasteiger partial charge in [-0.3, -0.25) is 0 Å². The first-order valence-corrected chi connectivity index (χ1v) is 4.18. The molecule has 0 radical (unpaired) electrons. The summed E-state index contributed by atoms with van der Waals surface area (Å²) < 4.78 is 25.4. The van der Waals surface area contributed by atoms with E-state index in [2.05, 4.69) is 4.98 Å². The zero-order chi connectivity index (χ0) is 9.97. The number of rotatable bonds is 2. The molecule has 0 unspecified atom stereocenters. The first kappa shape index (κ1) is 11.7. The van der Waals surface area contributed by atoms with Crippen molar-refractivity contribution < 1.29 is 8.78 Å². The van der Waals surface area contributed by atoms with Crippen LogP contribution in [0.25, 0.3) is 11.0 Å². The van der Waals surface area contributed by atoms with E-state index in [0.29, 0.717) is 0 Å². The van der Waals surface area contributed by atoms with Gasteiger partial charge in [0.15, 0.2) is 0 Å². The van der Waals surface area contributed by atoms with Crippen LogP contribution >= 0.6 is 13.5 Å². The quantitative estimate of drug-likeness (QED) is 0.772. The van der Waals surface area contributed by atoms with Gasteiger partial charge in [0.05, 0.1) is 17.4 Å². The first-order chi connectivity index (χ1) is 6.77. The molecule has 2 aromatic rings. The maximum Gasteiger partial charge on any atom is 0.268 e. The zero-order valence-electron chi connectivity index (χ0n) is 7.82. The van der Waals surface area contributed by atoms with E-state index < -0.39 is 6.08 Å². The minimum atomic E-state index is -1.66. The van der Waals surface area contributed by atoms with Gasteiger partial charge in [0.2, 0.25) is 0 Å². The van der Waals surface area contributed by atoms with Crippen LogP contribution in [0, 0.1) is 0 Å². The van der Waals surface area contributed by atoms with E-state index in [-0.39, 0.29) is 20.0 Å². The molecule has 80 valence electrons. The Bertz CT molecular complexity index is 475. The Morgan fingerprint density at radius 1 is 1.33 bits per heavy atom. The topological polar surface area (TPSA) is 17.8 Å². The van der Waals surface area contributed by atoms with Gasteiger partial charge in [-0.25, -0.2) is 4.98 Å². The van der Waals surface area contributed by atoms with Crippen molar-refractivity contribution >= 4 is 24.5 Å². The van der Waals surface area contributed by atoms with E-state index in [4.69, 9.17) is 0 Å². The lowest BCUT2D eigenvalue weighted by Gasteiger charge is -1.97. The lowest BCUT2D eigenvalue weighted by molar-refractivity contribution is 0.416. The fourth-order valence-electron chi connectivity index (χ4n) is 1.32. The van der Waals surface area contributed by atoms with E-state index >= 15 is 0 Å². The van der Waals surface area contributed by atoms with Crippen molar-refractivity contribution in [2.75, 3.05) is 0 Å². The summed E-state index contributed by atoms with van der Waals surface area (Å²) >= 11 is 0. The summed E-state index contributed by atoms with van der Waals surface area (Å²) in [7, 11) is 0. The van der Waals surface area contributed by atoms with Crippen molar-refractivity contribution in [3.63, 3.8) is 0 Å². The zero-order valence-corrected chi connectivity index (χ0v) is 8.82. The number of aromatic nitrogens is 2. The van der Waals surface area contributed by atoms with Crippen LogP contribution < -0.4 is 0 Å². The molecule has 0 atom stereocenters. The average molecular weight is 228 g/mol. The van der Waals surface area contributed by atoms with E-state index in [1.807, 2.05) is 24.3 Å². The Morgan fingerprint density at radius 2 is 2.07 bits per heavy atom. The van der Waals surface area contributed by atoms with E-state index in [9.17, 15) is 8.78 Å². The summed E-state index contributed by atoms with van der Waals surface area (Å²) in [6.45, 7) is 0.156. The standard InChI is InChI=1S/C10H8F2N2.H2S/c11-10(12)5-6-14-7-13-8-3-1-2-4-9(8)14;/h1-5,7H,6H2;1H2. The Balaban J connectivity index is 0.00000112. The number of hydrogen-bond acceptors (Lipinski definition) is 1. The van der Waals surface area contributed by atoms with Crippen LogP contribution in [0.15, 0.2) is 42.7 Å². The highest BCUT2D eigenvalue weighted by atomic mass is 32.1. The average Bonchev–Trinajstić information content (AvgIpc) is 2.58. The van der Waals surface area contributed by atoms with Gasteiger partial charge in [0, 0.05) is 12.6 Å². The van der Waals surface area contributed by atoms with Gasteiger partial charge in [-0.05, 0) is 12.1 Å². The maximum absolute atomic E-state index is 11.9. The van der Waals surface area contributed by atoms with Gasteiger partial charge in [0.25, 0.3) is 6.08 Å². The van der Waals surface area contributed by atoms with Crippen molar-refractivity contribution in [2.24, 2.45) is 0 Å². The highest BCUT2D eigenvalue weighted by molar-refractivity contribution is 7.59. The molecule has 2 rings (SSSR count). The second kappa shape index (κ2) is 4.93. The number of benzene rings is 1. The van der Waals surface area contributed by atoms with Crippen LogP contribution in [-0.4, -0.2) is 9.55 Å². The molecule has 0 amide bonds. The van der Waals surface area contributed by atoms with Gasteiger partial charge < -0.3 is 4.57 Å². The fourth-order valence-corrected chi connectivity index (χ4v) is 1.32. The highest BCUT2D eigenvalue weighted by Gasteiger charge is 1.99. The molecule has 0 saturated heterocycles. The molecule has 0 aliphatic heterocycles. The molecule has 5 heteroatoms. The number of para-hydroxylation sites is 2. The van der Waals surface area contributed by atoms with Crippen LogP contribution in [0.2, 0.25) is 0 Å². The molecule has 0 aliphatic rings. The summed E-state index contributed by atoms with van der Waals surface area (Å²) in [6, 6.07) is 7.43. The van der Waals surface area contributed by atoms with Crippen LogP contribution in [0.3, 0.4) is 0 Å². The molecule has 0 fully saturated rings. The maximum atomic E-state index is 11.9. The molecular weight excluding hydrogens is 218 g/mol. The van der Waals surface area contributed by atoms with Crippen LogP contribution in [0.4, 0.5) is 8.78 Å². The number of allylic oxidation sites excluding steroid dienone is 1. The molecule has 1 aromatic carbocycles. The number of halogens is 2. The predicted molar refractivity (Wildman–Crippen MR) is 60.4 cm³/mol. The molecule has 15 heavy (non-hydrogen) atoms. The van der Waals surface area contributed by atoms with Crippen molar-refractivity contribution in [3.8, 4) is 0 Å². The number of fused-ring (bicyclic) bond motifs is 1. The first-order valence-electron chi connectivity index (χ1n) is 4.18. The number of hydrogen-bond donors (Lipinski definition) is 0. The van der Waals surface area contributed by atoms with Crippen LogP contribution in [0.1, 0.15) is 0 Å². The Morgan fingerprint density at radius 3 is 2.80 bits per heavy atom. The van der Waals surface area contributed by atoms with Crippen molar-refractivity contribution in [1.29, 1.82) is 0 Å². The third-order valence-electron chi connectivity index (χ3n) is 1.97. The second-order valence-electron chi connectivity index (χ2n) is 2.88. The summed E-state index contributed by atoms with van der Waals surface area (Å²) in [5.74, 6) is 0. The normalized spacial score (nSPS) is 9.73. The van der Waals surface area contributed by atoms with Gasteiger partial charge in [0.1, 0.15) is 0 Å². The lowest BCUT2D eigenvalue weighted by atomic mass is 10.3. The van der Waals surface area contributed by atoms with Gasteiger partial charge >= 0.3 is 0 Å². The molecular formula is C10H10F2N2S. The fraction of sp³-hybridized carbons (Fsp3) is 0.100. The molecule has 1 heterocycles. The summed E-state index contributed by atoms with van der Waals surface area (Å²) in [6.07, 6.45) is 0.765. The second-order valence-corrected chi connectivity index (χ2v) is 2.88. The molecule has 0 spiro atoms. The predicted octanol–water partition coefficient (Wildman–Crippen LogP) is 2.93. The van der Waals surface area contributed by atoms with Gasteiger partial charge in [-0.15, -0.1) is 0 Å². The molecule has 0 saturated carbocycles. The summed E-state index contributed by atoms with van der Waals surface area (Å²) in [5, 5.41) is 0. The molecule has 0 aliphatic carbocycles. The molecule has 0 N–H and O–H groups in total. The summed E-state index contributed by atoms with van der Waals surface area (Å²) in [4.78, 5) is 4.09. The largest absolute Gasteiger partial charge is 0.326 e. The SMILES string of the molecule is FC(F)=CCn1cnc2ccccc21.S. The minimum Gasteiger partial charge on any atom is -0.326 e. The van der Waals surface area contributed by atoms with Crippen molar-refractivity contribution in [2.45, 2.75) is 6.54 Å². The molecule has 0 bridgehead atoms. The Kier molecular flexibility index (Phi) is 3.85. The lowest BCUT2D eigenvalue weighted by Crippen LogP contribution is -1.92. The van der Waals surface area contributed by atoms with Gasteiger partial charge in [-0.2, -0.15) is 22.3 Å². The van der Waals surface area contributed by atoms with Crippen LogP contribution in [0.5, 0.6) is 0 Å². The highest BCUT2D eigenvalue weighted by Crippen LogP contribution is 2.12. The monoisotopic (exact) mass is 228 g/mol. The van der Waals surface area contributed by atoms with Crippen LogP contribution in [-0.2, 0) is 6.54 Å². The smallest absolute Gasteiger partial charge is 0.268 e. The van der Waals surface area contributed by atoms with Gasteiger partial charge in [-0.1, -0.05) is 12.1 Å². The third-order valence-corrected chi connectivity index (χ3v) is 1.97. The van der Waals surface area contributed by atoms with Crippen molar-refractivity contribution in [3.05, 3.63) is 42.7 Å². The summed E-state index contributed by atoms with van der Waals surface area (Å²) in [5.41, 5.74) is 1.69. The van der Waals surface area contributed by atoms with E-state index in [0.717, 1.165) is 17.1 Å². The van der Waals surface area contributed by atoms with E-state index in [1.54, 1.807) is 10.9 Å².